The van der Waals surface area contributed by atoms with Crippen molar-refractivity contribution in [3.8, 4) is 6.07 Å². The van der Waals surface area contributed by atoms with Gasteiger partial charge in [-0.1, -0.05) is 13.8 Å². The van der Waals surface area contributed by atoms with E-state index in [1.807, 2.05) is 0 Å². The summed E-state index contributed by atoms with van der Waals surface area (Å²) in [6.07, 6.45) is 5.32. The molecule has 1 fully saturated rings. The van der Waals surface area contributed by atoms with E-state index < -0.39 is 0 Å². The molecule has 4 heteroatoms. The number of methoxy groups -OCH3 is 1. The number of likely N-dealkylation sites (N-methyl/N-ethyl adjacent to an activating group) is 1. The summed E-state index contributed by atoms with van der Waals surface area (Å²) in [7, 11) is 1.76. The molecular weight excluding hydrogens is 250 g/mol. The van der Waals surface area contributed by atoms with Crippen LogP contribution in [0.3, 0.4) is 0 Å². The van der Waals surface area contributed by atoms with Crippen molar-refractivity contribution in [2.24, 2.45) is 0 Å². The van der Waals surface area contributed by atoms with E-state index in [0.717, 1.165) is 45.4 Å². The molecule has 0 radical (unpaired) electrons. The van der Waals surface area contributed by atoms with Gasteiger partial charge in [0.15, 0.2) is 0 Å². The Morgan fingerprint density at radius 3 is 2.80 bits per heavy atom. The van der Waals surface area contributed by atoms with Crippen LogP contribution in [0, 0.1) is 11.3 Å². The van der Waals surface area contributed by atoms with Gasteiger partial charge in [0.25, 0.3) is 0 Å². The fraction of sp³-hybridized carbons (Fsp3) is 0.938. The normalized spacial score (nSPS) is 28.3. The standard InChI is InChI=1S/C16H31N3O/c1-5-10-18-16(13-17)9-7-8-15(11-16)19(6-2)14(3)12-20-4/h14-15,18H,5-12H2,1-4H3. The Labute approximate surface area is 124 Å². The molecule has 4 nitrogen and oxygen atoms in total. The molecule has 0 aromatic carbocycles. The average Bonchev–Trinajstić information content (AvgIpc) is 2.46. The van der Waals surface area contributed by atoms with Crippen molar-refractivity contribution in [3.63, 3.8) is 0 Å². The minimum atomic E-state index is -0.320. The maximum Gasteiger partial charge on any atom is 0.108 e. The first-order chi connectivity index (χ1) is 9.62. The van der Waals surface area contributed by atoms with Gasteiger partial charge in [0.2, 0.25) is 0 Å². The molecule has 116 valence electrons. The summed E-state index contributed by atoms with van der Waals surface area (Å²) in [6.45, 7) is 9.28. The summed E-state index contributed by atoms with van der Waals surface area (Å²) in [4.78, 5) is 2.50. The summed E-state index contributed by atoms with van der Waals surface area (Å²) >= 11 is 0. The van der Waals surface area contributed by atoms with Crippen molar-refractivity contribution in [3.05, 3.63) is 0 Å². The number of rotatable bonds is 8. The first kappa shape index (κ1) is 17.4. The van der Waals surface area contributed by atoms with Gasteiger partial charge in [-0.15, -0.1) is 0 Å². The summed E-state index contributed by atoms with van der Waals surface area (Å²) < 4.78 is 5.30. The number of hydrogen-bond donors (Lipinski definition) is 1. The van der Waals surface area contributed by atoms with E-state index in [1.54, 1.807) is 7.11 Å². The molecule has 1 saturated carbocycles. The van der Waals surface area contributed by atoms with E-state index in [4.69, 9.17) is 4.74 Å². The van der Waals surface area contributed by atoms with Crippen molar-refractivity contribution in [2.45, 2.75) is 70.5 Å². The Kier molecular flexibility index (Phi) is 7.50. The largest absolute Gasteiger partial charge is 0.383 e. The van der Waals surface area contributed by atoms with Crippen molar-refractivity contribution >= 4 is 0 Å². The molecule has 0 bridgehead atoms. The molecule has 0 aromatic heterocycles. The molecule has 3 unspecified atom stereocenters. The van der Waals surface area contributed by atoms with Gasteiger partial charge in [-0.25, -0.2) is 0 Å². The zero-order valence-corrected chi connectivity index (χ0v) is 13.6. The zero-order valence-electron chi connectivity index (χ0n) is 13.6. The molecule has 1 aliphatic rings. The number of ether oxygens (including phenoxy) is 1. The van der Waals surface area contributed by atoms with Crippen LogP contribution >= 0.6 is 0 Å². The van der Waals surface area contributed by atoms with Gasteiger partial charge >= 0.3 is 0 Å². The minimum Gasteiger partial charge on any atom is -0.383 e. The number of hydrogen-bond acceptors (Lipinski definition) is 4. The third-order valence-electron chi connectivity index (χ3n) is 4.46. The SMILES string of the molecule is CCCNC1(C#N)CCCC(N(CC)C(C)COC)C1. The number of nitrogens with zero attached hydrogens (tertiary/aromatic N) is 2. The van der Waals surface area contributed by atoms with Gasteiger partial charge in [0.1, 0.15) is 5.54 Å². The van der Waals surface area contributed by atoms with Gasteiger partial charge in [-0.3, -0.25) is 10.2 Å². The fourth-order valence-corrected chi connectivity index (χ4v) is 3.46. The number of nitriles is 1. The van der Waals surface area contributed by atoms with Crippen LogP contribution in [0.2, 0.25) is 0 Å². The molecule has 0 spiro atoms. The van der Waals surface area contributed by atoms with E-state index >= 15 is 0 Å². The smallest absolute Gasteiger partial charge is 0.108 e. The second-order valence-electron chi connectivity index (χ2n) is 6.01. The lowest BCUT2D eigenvalue weighted by Crippen LogP contribution is -2.55. The second-order valence-corrected chi connectivity index (χ2v) is 6.01. The Balaban J connectivity index is 2.72. The Morgan fingerprint density at radius 1 is 1.50 bits per heavy atom. The third-order valence-corrected chi connectivity index (χ3v) is 4.46. The zero-order chi connectivity index (χ0) is 15.0. The minimum absolute atomic E-state index is 0.320. The van der Waals surface area contributed by atoms with E-state index in [9.17, 15) is 5.26 Å². The van der Waals surface area contributed by atoms with Gasteiger partial charge in [-0.2, -0.15) is 5.26 Å². The Morgan fingerprint density at radius 2 is 2.25 bits per heavy atom. The highest BCUT2D eigenvalue weighted by Gasteiger charge is 2.38. The van der Waals surface area contributed by atoms with Crippen LogP contribution < -0.4 is 5.32 Å². The van der Waals surface area contributed by atoms with Crippen LogP contribution in [0.15, 0.2) is 0 Å². The average molecular weight is 281 g/mol. The van der Waals surface area contributed by atoms with Crippen molar-refractivity contribution in [2.75, 3.05) is 26.8 Å². The van der Waals surface area contributed by atoms with Gasteiger partial charge < -0.3 is 4.74 Å². The molecule has 0 amide bonds. The van der Waals surface area contributed by atoms with Gasteiger partial charge in [-0.05, 0) is 52.1 Å². The third kappa shape index (κ3) is 4.44. The van der Waals surface area contributed by atoms with E-state index in [1.165, 1.54) is 6.42 Å². The molecule has 1 rings (SSSR count). The lowest BCUT2D eigenvalue weighted by Gasteiger charge is -2.43. The monoisotopic (exact) mass is 281 g/mol. The number of nitrogens with one attached hydrogen (secondary N) is 1. The lowest BCUT2D eigenvalue weighted by atomic mass is 9.79. The fourth-order valence-electron chi connectivity index (χ4n) is 3.46. The summed E-state index contributed by atoms with van der Waals surface area (Å²) in [5.41, 5.74) is -0.320. The topological polar surface area (TPSA) is 48.3 Å². The van der Waals surface area contributed by atoms with Crippen molar-refractivity contribution in [1.29, 1.82) is 5.26 Å². The molecule has 0 aliphatic heterocycles. The summed E-state index contributed by atoms with van der Waals surface area (Å²) in [5, 5.41) is 13.1. The molecule has 1 aliphatic carbocycles. The van der Waals surface area contributed by atoms with E-state index in [-0.39, 0.29) is 5.54 Å². The van der Waals surface area contributed by atoms with Crippen LogP contribution in [0.4, 0.5) is 0 Å². The highest BCUT2D eigenvalue weighted by Crippen LogP contribution is 2.31. The first-order valence-corrected chi connectivity index (χ1v) is 8.03. The molecule has 0 aromatic rings. The Hall–Kier alpha value is -0.630. The predicted octanol–water partition coefficient (Wildman–Crippen LogP) is 2.55. The van der Waals surface area contributed by atoms with Crippen molar-refractivity contribution in [1.82, 2.24) is 10.2 Å². The van der Waals surface area contributed by atoms with Gasteiger partial charge in [0, 0.05) is 19.2 Å². The highest BCUT2D eigenvalue weighted by molar-refractivity contribution is 5.11. The quantitative estimate of drug-likeness (QED) is 0.743. The van der Waals surface area contributed by atoms with Gasteiger partial charge in [0.05, 0.1) is 12.7 Å². The maximum atomic E-state index is 9.63. The summed E-state index contributed by atoms with van der Waals surface area (Å²) in [6, 6.07) is 3.46. The first-order valence-electron chi connectivity index (χ1n) is 8.03. The van der Waals surface area contributed by atoms with Crippen molar-refractivity contribution < 1.29 is 4.74 Å². The molecule has 20 heavy (non-hydrogen) atoms. The van der Waals surface area contributed by atoms with Crippen LogP contribution in [0.1, 0.15) is 52.9 Å². The predicted molar refractivity (Wildman–Crippen MR) is 82.6 cm³/mol. The second kappa shape index (κ2) is 8.61. The van der Waals surface area contributed by atoms with Crippen LogP contribution in [-0.4, -0.2) is 49.3 Å². The maximum absolute atomic E-state index is 9.63. The Bertz CT molecular complexity index is 315. The van der Waals surface area contributed by atoms with Crippen LogP contribution in [-0.2, 0) is 4.74 Å². The summed E-state index contributed by atoms with van der Waals surface area (Å²) in [5.74, 6) is 0. The van der Waals surface area contributed by atoms with E-state index in [2.05, 4.69) is 37.1 Å². The highest BCUT2D eigenvalue weighted by atomic mass is 16.5. The van der Waals surface area contributed by atoms with Crippen LogP contribution in [0.5, 0.6) is 0 Å². The molecular formula is C16H31N3O. The molecule has 3 atom stereocenters. The lowest BCUT2D eigenvalue weighted by molar-refractivity contribution is 0.0463. The molecule has 0 saturated heterocycles. The molecule has 1 N–H and O–H groups in total. The van der Waals surface area contributed by atoms with E-state index in [0.29, 0.717) is 12.1 Å². The molecule has 0 heterocycles. The van der Waals surface area contributed by atoms with Crippen LogP contribution in [0.25, 0.3) is 0 Å².